The quantitative estimate of drug-likeness (QED) is 0.659. The molecule has 0 aliphatic carbocycles. The van der Waals surface area contributed by atoms with Gasteiger partial charge in [-0.05, 0) is 31.2 Å². The Kier molecular flexibility index (Phi) is 4.19. The molecule has 9 heteroatoms. The number of benzene rings is 2. The third kappa shape index (κ3) is 3.43. The third-order valence-corrected chi connectivity index (χ3v) is 3.78. The van der Waals surface area contributed by atoms with Gasteiger partial charge in [0.05, 0.1) is 5.69 Å². The van der Waals surface area contributed by atoms with Gasteiger partial charge in [0.15, 0.2) is 29.0 Å². The Morgan fingerprint density at radius 1 is 0.889 bits per heavy atom. The highest BCUT2D eigenvalue weighted by atomic mass is 19.2. The van der Waals surface area contributed by atoms with E-state index in [9.17, 15) is 13.2 Å². The first-order valence-electron chi connectivity index (χ1n) is 7.92. The Balaban J connectivity index is 1.59. The standard InChI is InChI=1S/C18H13F3N4O2/c1-9-6-15(23-10-2-5-13-14(7-10)27-8-26-13)25-18(22-9)24-12-4-3-11(19)16(20)17(12)21/h2-7H,8H2,1H3,(H2,22,23,24,25). The number of fused-ring (bicyclic) bond motifs is 1. The molecular formula is C18H13F3N4O2. The normalized spacial score (nSPS) is 12.1. The Labute approximate surface area is 152 Å². The van der Waals surface area contributed by atoms with E-state index < -0.39 is 17.5 Å². The molecule has 0 saturated heterocycles. The van der Waals surface area contributed by atoms with Crippen LogP contribution in [0.15, 0.2) is 36.4 Å². The maximum Gasteiger partial charge on any atom is 0.231 e. The highest BCUT2D eigenvalue weighted by molar-refractivity contribution is 5.63. The first kappa shape index (κ1) is 17.0. The smallest absolute Gasteiger partial charge is 0.231 e. The lowest BCUT2D eigenvalue weighted by atomic mass is 10.2. The molecule has 1 aromatic heterocycles. The Bertz CT molecular complexity index is 1030. The number of aryl methyl sites for hydroxylation is 1. The molecule has 27 heavy (non-hydrogen) atoms. The fourth-order valence-corrected chi connectivity index (χ4v) is 2.55. The van der Waals surface area contributed by atoms with Crippen molar-refractivity contribution in [2.45, 2.75) is 6.92 Å². The molecule has 0 saturated carbocycles. The van der Waals surface area contributed by atoms with Gasteiger partial charge in [0.1, 0.15) is 5.82 Å². The first-order valence-corrected chi connectivity index (χ1v) is 7.92. The van der Waals surface area contributed by atoms with Gasteiger partial charge in [-0.3, -0.25) is 0 Å². The van der Waals surface area contributed by atoms with Crippen LogP contribution in [-0.2, 0) is 0 Å². The van der Waals surface area contributed by atoms with Crippen LogP contribution in [0.5, 0.6) is 11.5 Å². The molecule has 0 fully saturated rings. The van der Waals surface area contributed by atoms with E-state index in [0.717, 1.165) is 12.1 Å². The predicted molar refractivity (Wildman–Crippen MR) is 92.2 cm³/mol. The zero-order valence-electron chi connectivity index (χ0n) is 14.0. The summed E-state index contributed by atoms with van der Waals surface area (Å²) < 4.78 is 50.9. The summed E-state index contributed by atoms with van der Waals surface area (Å²) in [5.41, 5.74) is 1.01. The monoisotopic (exact) mass is 374 g/mol. The molecule has 4 rings (SSSR count). The topological polar surface area (TPSA) is 68.3 Å². The Hall–Kier alpha value is -3.49. The van der Waals surface area contributed by atoms with E-state index in [0.29, 0.717) is 28.7 Å². The van der Waals surface area contributed by atoms with Gasteiger partial charge in [-0.15, -0.1) is 0 Å². The zero-order chi connectivity index (χ0) is 19.0. The van der Waals surface area contributed by atoms with Gasteiger partial charge in [-0.2, -0.15) is 4.98 Å². The average molecular weight is 374 g/mol. The highest BCUT2D eigenvalue weighted by Gasteiger charge is 2.16. The molecule has 0 unspecified atom stereocenters. The second kappa shape index (κ2) is 6.67. The largest absolute Gasteiger partial charge is 0.454 e. The van der Waals surface area contributed by atoms with Gasteiger partial charge in [0.2, 0.25) is 12.7 Å². The molecule has 2 aromatic carbocycles. The SMILES string of the molecule is Cc1cc(Nc2ccc3c(c2)OCO3)nc(Nc2ccc(F)c(F)c2F)n1. The van der Waals surface area contributed by atoms with Crippen molar-refractivity contribution in [1.82, 2.24) is 9.97 Å². The number of ether oxygens (including phenoxy) is 2. The van der Waals surface area contributed by atoms with Crippen LogP contribution in [0, 0.1) is 24.4 Å². The summed E-state index contributed by atoms with van der Waals surface area (Å²) in [5.74, 6) is -2.47. The summed E-state index contributed by atoms with van der Waals surface area (Å²) >= 11 is 0. The lowest BCUT2D eigenvalue weighted by molar-refractivity contribution is 0.174. The molecule has 2 N–H and O–H groups in total. The van der Waals surface area contributed by atoms with Gasteiger partial charge in [-0.25, -0.2) is 18.2 Å². The molecule has 1 aliphatic rings. The summed E-state index contributed by atoms with van der Waals surface area (Å²) in [6.45, 7) is 1.89. The van der Waals surface area contributed by atoms with Gasteiger partial charge < -0.3 is 20.1 Å². The number of nitrogens with one attached hydrogen (secondary N) is 2. The summed E-state index contributed by atoms with van der Waals surface area (Å²) in [5, 5.41) is 5.64. The van der Waals surface area contributed by atoms with Crippen LogP contribution in [0.2, 0.25) is 0 Å². The minimum atomic E-state index is -1.56. The Morgan fingerprint density at radius 3 is 2.56 bits per heavy atom. The van der Waals surface area contributed by atoms with Crippen molar-refractivity contribution in [1.29, 1.82) is 0 Å². The van der Waals surface area contributed by atoms with Gasteiger partial charge in [-0.1, -0.05) is 0 Å². The summed E-state index contributed by atoms with van der Waals surface area (Å²) in [6.07, 6.45) is 0. The fraction of sp³-hybridized carbons (Fsp3) is 0.111. The van der Waals surface area contributed by atoms with Crippen LogP contribution < -0.4 is 20.1 Å². The fourth-order valence-electron chi connectivity index (χ4n) is 2.55. The molecule has 0 spiro atoms. The third-order valence-electron chi connectivity index (χ3n) is 3.78. The number of halogens is 3. The average Bonchev–Trinajstić information content (AvgIpc) is 3.09. The predicted octanol–water partition coefficient (Wildman–Crippen LogP) is 4.42. The highest BCUT2D eigenvalue weighted by Crippen LogP contribution is 2.35. The Morgan fingerprint density at radius 2 is 1.70 bits per heavy atom. The van der Waals surface area contributed by atoms with Crippen LogP contribution in [-0.4, -0.2) is 16.8 Å². The van der Waals surface area contributed by atoms with E-state index in [-0.39, 0.29) is 18.4 Å². The van der Waals surface area contributed by atoms with Crippen LogP contribution in [0.1, 0.15) is 5.69 Å². The molecule has 0 radical (unpaired) electrons. The summed E-state index contributed by atoms with van der Waals surface area (Å²) in [7, 11) is 0. The van der Waals surface area contributed by atoms with E-state index in [1.165, 1.54) is 0 Å². The second-order valence-corrected chi connectivity index (χ2v) is 5.76. The molecule has 2 heterocycles. The van der Waals surface area contributed by atoms with E-state index in [2.05, 4.69) is 20.6 Å². The number of hydrogen-bond acceptors (Lipinski definition) is 6. The van der Waals surface area contributed by atoms with Crippen molar-refractivity contribution < 1.29 is 22.6 Å². The van der Waals surface area contributed by atoms with E-state index in [4.69, 9.17) is 9.47 Å². The maximum absolute atomic E-state index is 13.8. The van der Waals surface area contributed by atoms with Crippen LogP contribution in [0.4, 0.5) is 36.3 Å². The molecule has 1 aliphatic heterocycles. The number of hydrogen-bond donors (Lipinski definition) is 2. The molecule has 0 bridgehead atoms. The molecular weight excluding hydrogens is 361 g/mol. The molecule has 0 atom stereocenters. The van der Waals surface area contributed by atoms with Crippen molar-refractivity contribution in [2.75, 3.05) is 17.4 Å². The summed E-state index contributed by atoms with van der Waals surface area (Å²) in [6, 6.07) is 8.87. The number of nitrogens with zero attached hydrogens (tertiary/aromatic N) is 2. The zero-order valence-corrected chi connectivity index (χ0v) is 14.0. The first-order chi connectivity index (χ1) is 13.0. The molecule has 138 valence electrons. The number of aromatic nitrogens is 2. The van der Waals surface area contributed by atoms with Crippen molar-refractivity contribution in [3.63, 3.8) is 0 Å². The van der Waals surface area contributed by atoms with Crippen molar-refractivity contribution in [3.05, 3.63) is 59.5 Å². The van der Waals surface area contributed by atoms with Crippen LogP contribution >= 0.6 is 0 Å². The molecule has 3 aromatic rings. The lowest BCUT2D eigenvalue weighted by Gasteiger charge is -2.11. The molecule has 0 amide bonds. The lowest BCUT2D eigenvalue weighted by Crippen LogP contribution is -2.05. The van der Waals surface area contributed by atoms with Crippen molar-refractivity contribution >= 4 is 23.1 Å². The minimum absolute atomic E-state index is 0.0307. The molecule has 6 nitrogen and oxygen atoms in total. The van der Waals surface area contributed by atoms with Gasteiger partial charge in [0, 0.05) is 23.5 Å². The van der Waals surface area contributed by atoms with Crippen LogP contribution in [0.25, 0.3) is 0 Å². The van der Waals surface area contributed by atoms with Crippen molar-refractivity contribution in [2.24, 2.45) is 0 Å². The van der Waals surface area contributed by atoms with Crippen LogP contribution in [0.3, 0.4) is 0 Å². The number of rotatable bonds is 4. The van der Waals surface area contributed by atoms with Gasteiger partial charge in [0.25, 0.3) is 0 Å². The van der Waals surface area contributed by atoms with E-state index >= 15 is 0 Å². The van der Waals surface area contributed by atoms with Gasteiger partial charge >= 0.3 is 0 Å². The second-order valence-electron chi connectivity index (χ2n) is 5.76. The van der Waals surface area contributed by atoms with Crippen molar-refractivity contribution in [3.8, 4) is 11.5 Å². The number of anilines is 4. The van der Waals surface area contributed by atoms with E-state index in [1.807, 2.05) is 0 Å². The minimum Gasteiger partial charge on any atom is -0.454 e. The van der Waals surface area contributed by atoms with E-state index in [1.54, 1.807) is 31.2 Å². The maximum atomic E-state index is 13.8. The summed E-state index contributed by atoms with van der Waals surface area (Å²) in [4.78, 5) is 8.35.